The summed E-state index contributed by atoms with van der Waals surface area (Å²) in [6.07, 6.45) is 4.55. The molecule has 0 rings (SSSR count). The second-order valence-electron chi connectivity index (χ2n) is 4.32. The molecule has 0 aromatic heterocycles. The first-order valence-corrected chi connectivity index (χ1v) is 6.19. The van der Waals surface area contributed by atoms with Gasteiger partial charge in [0.25, 0.3) is 0 Å². The third kappa shape index (κ3) is 7.28. The summed E-state index contributed by atoms with van der Waals surface area (Å²) < 4.78 is 4.85. The van der Waals surface area contributed by atoms with Crippen LogP contribution in [0.3, 0.4) is 0 Å². The van der Waals surface area contributed by atoms with Crippen LogP contribution in [-0.2, 0) is 9.53 Å². The molecule has 0 bridgehead atoms. The molecular weight excluding hydrogens is 202 g/mol. The third-order valence-corrected chi connectivity index (χ3v) is 2.64. The van der Waals surface area contributed by atoms with E-state index in [4.69, 9.17) is 10.00 Å². The number of hydrogen-bond donors (Lipinski definition) is 0. The molecule has 3 heteroatoms. The van der Waals surface area contributed by atoms with E-state index < -0.39 is 0 Å². The summed E-state index contributed by atoms with van der Waals surface area (Å²) in [6.45, 7) is 6.48. The Kier molecular flexibility index (Phi) is 8.61. The fourth-order valence-electron chi connectivity index (χ4n) is 1.76. The van der Waals surface area contributed by atoms with Crippen LogP contribution in [-0.4, -0.2) is 12.6 Å². The van der Waals surface area contributed by atoms with E-state index in [0.717, 1.165) is 12.8 Å². The molecule has 0 aliphatic heterocycles. The monoisotopic (exact) mass is 225 g/mol. The molecule has 0 aliphatic rings. The Bertz CT molecular complexity index is 233. The molecular formula is C13H23NO2. The largest absolute Gasteiger partial charge is 0.466 e. The lowest BCUT2D eigenvalue weighted by Crippen LogP contribution is -2.13. The smallest absolute Gasteiger partial charge is 0.307 e. The van der Waals surface area contributed by atoms with Crippen LogP contribution >= 0.6 is 0 Å². The summed E-state index contributed by atoms with van der Waals surface area (Å²) in [5.74, 6) is 0.0710. The van der Waals surface area contributed by atoms with Crippen molar-refractivity contribution in [2.45, 2.75) is 52.9 Å². The Labute approximate surface area is 98.8 Å². The first kappa shape index (κ1) is 15.0. The molecule has 0 fully saturated rings. The predicted octanol–water partition coefficient (Wildman–Crippen LogP) is 3.30. The molecule has 16 heavy (non-hydrogen) atoms. The van der Waals surface area contributed by atoms with Crippen molar-refractivity contribution in [3.05, 3.63) is 0 Å². The van der Waals surface area contributed by atoms with Gasteiger partial charge < -0.3 is 4.74 Å². The Hall–Kier alpha value is -1.04. The van der Waals surface area contributed by atoms with Crippen LogP contribution in [0.5, 0.6) is 0 Å². The summed E-state index contributed by atoms with van der Waals surface area (Å²) in [5.41, 5.74) is 0. The van der Waals surface area contributed by atoms with Gasteiger partial charge in [0, 0.05) is 0 Å². The predicted molar refractivity (Wildman–Crippen MR) is 63.7 cm³/mol. The van der Waals surface area contributed by atoms with Gasteiger partial charge in [0.05, 0.1) is 25.0 Å². The van der Waals surface area contributed by atoms with Crippen molar-refractivity contribution in [1.29, 1.82) is 5.26 Å². The van der Waals surface area contributed by atoms with Gasteiger partial charge in [0.1, 0.15) is 0 Å². The van der Waals surface area contributed by atoms with E-state index in [1.54, 1.807) is 6.92 Å². The fourth-order valence-corrected chi connectivity index (χ4v) is 1.76. The minimum atomic E-state index is -0.253. The number of nitrogens with zero attached hydrogens (tertiary/aromatic N) is 1. The lowest BCUT2D eigenvalue weighted by atomic mass is 9.91. The average Bonchev–Trinajstić information content (AvgIpc) is 2.25. The number of rotatable bonds is 8. The lowest BCUT2D eigenvalue weighted by Gasteiger charge is -2.14. The molecule has 0 radical (unpaired) electrons. The minimum Gasteiger partial charge on any atom is -0.466 e. The van der Waals surface area contributed by atoms with Crippen LogP contribution in [0.2, 0.25) is 0 Å². The van der Waals surface area contributed by atoms with Crippen molar-refractivity contribution < 1.29 is 9.53 Å². The lowest BCUT2D eigenvalue weighted by molar-refractivity contribution is -0.143. The molecule has 2 atom stereocenters. The molecule has 3 nitrogen and oxygen atoms in total. The number of carbonyl (C=O) groups excluding carboxylic acids is 1. The zero-order valence-electron chi connectivity index (χ0n) is 10.7. The average molecular weight is 225 g/mol. The molecule has 0 unspecified atom stereocenters. The van der Waals surface area contributed by atoms with Crippen molar-refractivity contribution in [3.8, 4) is 6.07 Å². The highest BCUT2D eigenvalue weighted by Crippen LogP contribution is 2.20. The molecule has 92 valence electrons. The number of unbranched alkanes of at least 4 members (excludes halogenated alkanes) is 1. The number of ether oxygens (including phenoxy) is 1. The van der Waals surface area contributed by atoms with Gasteiger partial charge in [0.15, 0.2) is 0 Å². The van der Waals surface area contributed by atoms with Crippen molar-refractivity contribution in [1.82, 2.24) is 0 Å². The van der Waals surface area contributed by atoms with Gasteiger partial charge in [-0.1, -0.05) is 33.1 Å². The topological polar surface area (TPSA) is 50.1 Å². The SMILES string of the molecule is CCCC[C@@H](C)C[C@H](C#N)CC(=O)OCC. The van der Waals surface area contributed by atoms with Gasteiger partial charge in [0.2, 0.25) is 0 Å². The van der Waals surface area contributed by atoms with Crippen LogP contribution in [0.25, 0.3) is 0 Å². The van der Waals surface area contributed by atoms with Crippen molar-refractivity contribution in [2.75, 3.05) is 6.61 Å². The van der Waals surface area contributed by atoms with E-state index in [9.17, 15) is 4.79 Å². The van der Waals surface area contributed by atoms with Gasteiger partial charge in [-0.15, -0.1) is 0 Å². The zero-order chi connectivity index (χ0) is 12.4. The summed E-state index contributed by atoms with van der Waals surface area (Å²) >= 11 is 0. The summed E-state index contributed by atoms with van der Waals surface area (Å²) in [6, 6.07) is 2.20. The van der Waals surface area contributed by atoms with Crippen LogP contribution in [0.1, 0.15) is 52.9 Å². The first-order chi connectivity index (χ1) is 7.63. The second kappa shape index (κ2) is 9.21. The van der Waals surface area contributed by atoms with E-state index in [0.29, 0.717) is 12.5 Å². The number of nitriles is 1. The maximum atomic E-state index is 11.2. The molecule has 0 aromatic rings. The molecule has 0 spiro atoms. The van der Waals surface area contributed by atoms with Gasteiger partial charge in [-0.05, 0) is 19.3 Å². The fraction of sp³-hybridized carbons (Fsp3) is 0.846. The van der Waals surface area contributed by atoms with Gasteiger partial charge in [-0.3, -0.25) is 4.79 Å². The highest BCUT2D eigenvalue weighted by molar-refractivity contribution is 5.70. The normalized spacial score (nSPS) is 13.9. The highest BCUT2D eigenvalue weighted by Gasteiger charge is 2.16. The molecule has 0 saturated heterocycles. The zero-order valence-corrected chi connectivity index (χ0v) is 10.7. The minimum absolute atomic E-state index is 0.189. The Morgan fingerprint density at radius 1 is 1.44 bits per heavy atom. The Morgan fingerprint density at radius 3 is 2.62 bits per heavy atom. The maximum Gasteiger partial charge on any atom is 0.307 e. The highest BCUT2D eigenvalue weighted by atomic mass is 16.5. The number of hydrogen-bond acceptors (Lipinski definition) is 3. The first-order valence-electron chi connectivity index (χ1n) is 6.19. The van der Waals surface area contributed by atoms with E-state index >= 15 is 0 Å². The van der Waals surface area contributed by atoms with Gasteiger partial charge in [-0.2, -0.15) is 5.26 Å². The Morgan fingerprint density at radius 2 is 2.12 bits per heavy atom. The number of carbonyl (C=O) groups is 1. The summed E-state index contributed by atoms with van der Waals surface area (Å²) in [7, 11) is 0. The maximum absolute atomic E-state index is 11.2. The van der Waals surface area contributed by atoms with E-state index in [1.807, 2.05) is 0 Å². The van der Waals surface area contributed by atoms with Crippen molar-refractivity contribution in [3.63, 3.8) is 0 Å². The molecule has 0 heterocycles. The van der Waals surface area contributed by atoms with Crippen LogP contribution in [0.15, 0.2) is 0 Å². The standard InChI is InChI=1S/C13H23NO2/c1-4-6-7-11(3)8-12(10-14)9-13(15)16-5-2/h11-12H,4-9H2,1-3H3/t11-,12+/m1/s1. The molecule has 0 aromatic carbocycles. The molecule has 0 N–H and O–H groups in total. The third-order valence-electron chi connectivity index (χ3n) is 2.64. The van der Waals surface area contributed by atoms with Crippen LogP contribution in [0, 0.1) is 23.2 Å². The Balaban J connectivity index is 3.91. The molecule has 0 amide bonds. The quantitative estimate of drug-likeness (QED) is 0.595. The van der Waals surface area contributed by atoms with E-state index in [2.05, 4.69) is 19.9 Å². The second-order valence-corrected chi connectivity index (χ2v) is 4.32. The molecule has 0 aliphatic carbocycles. The molecule has 0 saturated carbocycles. The van der Waals surface area contributed by atoms with Crippen molar-refractivity contribution in [2.24, 2.45) is 11.8 Å². The van der Waals surface area contributed by atoms with Crippen LogP contribution in [0.4, 0.5) is 0 Å². The van der Waals surface area contributed by atoms with Crippen molar-refractivity contribution >= 4 is 5.97 Å². The van der Waals surface area contributed by atoms with Gasteiger partial charge in [-0.25, -0.2) is 0 Å². The van der Waals surface area contributed by atoms with E-state index in [1.165, 1.54) is 12.8 Å². The van der Waals surface area contributed by atoms with Gasteiger partial charge >= 0.3 is 5.97 Å². The van der Waals surface area contributed by atoms with Crippen LogP contribution < -0.4 is 0 Å². The van der Waals surface area contributed by atoms with E-state index in [-0.39, 0.29) is 18.3 Å². The summed E-state index contributed by atoms with van der Waals surface area (Å²) in [5, 5.41) is 8.96. The number of esters is 1. The summed E-state index contributed by atoms with van der Waals surface area (Å²) in [4.78, 5) is 11.2.